The van der Waals surface area contributed by atoms with Crippen LogP contribution in [-0.4, -0.2) is 53.5 Å². The highest BCUT2D eigenvalue weighted by atomic mass is 15.2. The molecule has 0 bridgehead atoms. The number of fused-ring (bicyclic) bond motifs is 1. The maximum absolute atomic E-state index is 4.94. The van der Waals surface area contributed by atoms with Crippen LogP contribution in [0, 0.1) is 0 Å². The minimum atomic E-state index is 0.151. The summed E-state index contributed by atoms with van der Waals surface area (Å²) in [4.78, 5) is 13.8. The Balaban J connectivity index is 1.99. The summed E-state index contributed by atoms with van der Waals surface area (Å²) in [6, 6.07) is 8.72. The third kappa shape index (κ3) is 3.88. The second-order valence-electron chi connectivity index (χ2n) is 8.16. The number of hydrogen-bond donors (Lipinski definition) is 0. The molecule has 0 saturated heterocycles. The van der Waals surface area contributed by atoms with Crippen LogP contribution in [0.2, 0.25) is 0 Å². The predicted molar refractivity (Wildman–Crippen MR) is 109 cm³/mol. The summed E-state index contributed by atoms with van der Waals surface area (Å²) in [6.07, 6.45) is 5.86. The highest BCUT2D eigenvalue weighted by Gasteiger charge is 2.15. The van der Waals surface area contributed by atoms with Crippen molar-refractivity contribution in [3.8, 4) is 11.3 Å². The summed E-state index contributed by atoms with van der Waals surface area (Å²) in [7, 11) is 6.24. The van der Waals surface area contributed by atoms with E-state index in [1.807, 2.05) is 12.4 Å². The van der Waals surface area contributed by atoms with Crippen molar-refractivity contribution < 1.29 is 0 Å². The van der Waals surface area contributed by atoms with E-state index in [2.05, 4.69) is 91.6 Å². The molecule has 0 unspecified atom stereocenters. The van der Waals surface area contributed by atoms with Crippen molar-refractivity contribution in [2.24, 2.45) is 0 Å². The van der Waals surface area contributed by atoms with Gasteiger partial charge in [-0.05, 0) is 25.1 Å². The average Bonchev–Trinajstić information content (AvgIpc) is 3.06. The number of aromatic nitrogens is 3. The van der Waals surface area contributed by atoms with Crippen molar-refractivity contribution in [2.45, 2.75) is 26.2 Å². The van der Waals surface area contributed by atoms with Gasteiger partial charge in [0.15, 0.2) is 11.5 Å². The lowest BCUT2D eigenvalue weighted by Gasteiger charge is -2.22. The van der Waals surface area contributed by atoms with Crippen molar-refractivity contribution in [2.75, 3.05) is 39.1 Å². The number of rotatable bonds is 5. The first-order valence-corrected chi connectivity index (χ1v) is 9.06. The number of benzene rings is 1. The molecule has 0 amide bonds. The van der Waals surface area contributed by atoms with Crippen LogP contribution < -0.4 is 4.90 Å². The van der Waals surface area contributed by atoms with Gasteiger partial charge in [-0.3, -0.25) is 0 Å². The summed E-state index contributed by atoms with van der Waals surface area (Å²) in [5.41, 5.74) is 4.45. The molecule has 0 N–H and O–H groups in total. The first kappa shape index (κ1) is 18.4. The van der Waals surface area contributed by atoms with Crippen molar-refractivity contribution in [3.63, 3.8) is 0 Å². The Kier molecular flexibility index (Phi) is 5.01. The Hall–Kier alpha value is -2.40. The van der Waals surface area contributed by atoms with Crippen LogP contribution in [0.1, 0.15) is 26.3 Å². The van der Waals surface area contributed by atoms with Gasteiger partial charge in [0.25, 0.3) is 0 Å². The number of anilines is 1. The standard InChI is InChI=1S/C21H29N5/c1-21(2,3)17-9-7-16(8-10-17)18-15-26-12-11-22-19(26)20(23-18)25(6)14-13-24(4)5/h7-12,15H,13-14H2,1-6H3. The van der Waals surface area contributed by atoms with Crippen molar-refractivity contribution >= 4 is 11.5 Å². The highest BCUT2D eigenvalue weighted by molar-refractivity contribution is 5.70. The van der Waals surface area contributed by atoms with Crippen LogP contribution in [0.15, 0.2) is 42.9 Å². The molecular weight excluding hydrogens is 322 g/mol. The van der Waals surface area contributed by atoms with Gasteiger partial charge in [0.1, 0.15) is 0 Å². The van der Waals surface area contributed by atoms with Crippen molar-refractivity contribution in [3.05, 3.63) is 48.4 Å². The molecule has 0 aliphatic heterocycles. The van der Waals surface area contributed by atoms with E-state index in [1.165, 1.54) is 5.56 Å². The minimum absolute atomic E-state index is 0.151. The molecule has 5 nitrogen and oxygen atoms in total. The van der Waals surface area contributed by atoms with Gasteiger partial charge in [-0.2, -0.15) is 0 Å². The van der Waals surface area contributed by atoms with Crippen LogP contribution in [0.5, 0.6) is 0 Å². The molecule has 0 spiro atoms. The van der Waals surface area contributed by atoms with Crippen LogP contribution in [0.3, 0.4) is 0 Å². The van der Waals surface area contributed by atoms with E-state index in [9.17, 15) is 0 Å². The largest absolute Gasteiger partial charge is 0.355 e. The topological polar surface area (TPSA) is 36.7 Å². The summed E-state index contributed by atoms with van der Waals surface area (Å²) in [6.45, 7) is 8.56. The number of nitrogens with zero attached hydrogens (tertiary/aromatic N) is 5. The molecule has 2 heterocycles. The maximum Gasteiger partial charge on any atom is 0.180 e. The highest BCUT2D eigenvalue weighted by Crippen LogP contribution is 2.27. The summed E-state index contributed by atoms with van der Waals surface area (Å²) >= 11 is 0. The normalized spacial score (nSPS) is 12.1. The zero-order valence-electron chi connectivity index (χ0n) is 16.7. The van der Waals surface area contributed by atoms with Crippen LogP contribution >= 0.6 is 0 Å². The second kappa shape index (κ2) is 7.08. The fraction of sp³-hybridized carbons (Fsp3) is 0.429. The zero-order chi connectivity index (χ0) is 18.9. The molecule has 0 saturated carbocycles. The monoisotopic (exact) mass is 351 g/mol. The molecule has 138 valence electrons. The molecule has 0 radical (unpaired) electrons. The van der Waals surface area contributed by atoms with Crippen molar-refractivity contribution in [1.82, 2.24) is 19.3 Å². The van der Waals surface area contributed by atoms with E-state index in [1.54, 1.807) is 0 Å². The smallest absolute Gasteiger partial charge is 0.180 e. The summed E-state index contributed by atoms with van der Waals surface area (Å²) in [5.74, 6) is 0.911. The number of likely N-dealkylation sites (N-methyl/N-ethyl adjacent to an activating group) is 2. The Morgan fingerprint density at radius 3 is 2.31 bits per heavy atom. The molecule has 5 heteroatoms. The lowest BCUT2D eigenvalue weighted by molar-refractivity contribution is 0.416. The molecule has 0 fully saturated rings. The Bertz CT molecular complexity index is 872. The number of imidazole rings is 1. The Labute approximate surface area is 156 Å². The summed E-state index contributed by atoms with van der Waals surface area (Å²) < 4.78 is 2.06. The minimum Gasteiger partial charge on any atom is -0.355 e. The fourth-order valence-electron chi connectivity index (χ4n) is 2.91. The number of hydrogen-bond acceptors (Lipinski definition) is 4. The average molecular weight is 351 g/mol. The van der Waals surface area contributed by atoms with Gasteiger partial charge in [0.2, 0.25) is 0 Å². The van der Waals surface area contributed by atoms with E-state index in [0.29, 0.717) is 0 Å². The molecule has 0 aliphatic carbocycles. The van der Waals surface area contributed by atoms with Crippen molar-refractivity contribution in [1.29, 1.82) is 0 Å². The third-order valence-electron chi connectivity index (χ3n) is 4.65. The van der Waals surface area contributed by atoms with Gasteiger partial charge in [0, 0.05) is 44.3 Å². The van der Waals surface area contributed by atoms with E-state index in [-0.39, 0.29) is 5.41 Å². The predicted octanol–water partition coefficient (Wildman–Crippen LogP) is 3.69. The van der Waals surface area contributed by atoms with Crippen LogP contribution in [-0.2, 0) is 5.41 Å². The van der Waals surface area contributed by atoms with Crippen LogP contribution in [0.25, 0.3) is 16.9 Å². The van der Waals surface area contributed by atoms with Gasteiger partial charge in [0.05, 0.1) is 5.69 Å². The lowest BCUT2D eigenvalue weighted by Crippen LogP contribution is -2.29. The molecule has 0 atom stereocenters. The van der Waals surface area contributed by atoms with E-state index in [4.69, 9.17) is 4.98 Å². The molecule has 1 aromatic carbocycles. The molecule has 0 aliphatic rings. The van der Waals surface area contributed by atoms with E-state index in [0.717, 1.165) is 35.8 Å². The Morgan fingerprint density at radius 1 is 1.00 bits per heavy atom. The van der Waals surface area contributed by atoms with Gasteiger partial charge < -0.3 is 14.2 Å². The Morgan fingerprint density at radius 2 is 1.69 bits per heavy atom. The molecular formula is C21H29N5. The molecule has 3 aromatic rings. The SMILES string of the molecule is CN(C)CCN(C)c1nc(-c2ccc(C(C)(C)C)cc2)cn2ccnc12. The third-order valence-corrected chi connectivity index (χ3v) is 4.65. The quantitative estimate of drug-likeness (QED) is 0.702. The van der Waals surface area contributed by atoms with Gasteiger partial charge in [-0.15, -0.1) is 0 Å². The lowest BCUT2D eigenvalue weighted by atomic mass is 9.86. The van der Waals surface area contributed by atoms with Crippen LogP contribution in [0.4, 0.5) is 5.82 Å². The first-order valence-electron chi connectivity index (χ1n) is 9.06. The summed E-state index contributed by atoms with van der Waals surface area (Å²) in [5, 5.41) is 0. The first-order chi connectivity index (χ1) is 12.3. The van der Waals surface area contributed by atoms with E-state index < -0.39 is 0 Å². The maximum atomic E-state index is 4.94. The molecule has 2 aromatic heterocycles. The van der Waals surface area contributed by atoms with Gasteiger partial charge in [-0.25, -0.2) is 9.97 Å². The molecule has 26 heavy (non-hydrogen) atoms. The zero-order valence-corrected chi connectivity index (χ0v) is 16.7. The van der Waals surface area contributed by atoms with Gasteiger partial charge >= 0.3 is 0 Å². The second-order valence-corrected chi connectivity index (χ2v) is 8.16. The molecule has 3 rings (SSSR count). The fourth-order valence-corrected chi connectivity index (χ4v) is 2.91. The van der Waals surface area contributed by atoms with E-state index >= 15 is 0 Å². The van der Waals surface area contributed by atoms with Gasteiger partial charge in [-0.1, -0.05) is 45.0 Å².